The molecule has 1 unspecified atom stereocenters. The minimum atomic E-state index is -0.815. The first-order valence-electron chi connectivity index (χ1n) is 10.7. The molecule has 4 rings (SSSR count). The molecule has 0 amide bonds. The molecule has 1 aliphatic rings. The Morgan fingerprint density at radius 2 is 2.06 bits per heavy atom. The number of aliphatic carboxylic acids is 1. The standard InChI is InChI=1S/C26H25N3O4/c1-5-17-14-19(8-10-21(17)27-13-12-26(3,4)25(30)31)23-28-24(33-29-23)20-9-11-22-18(15-20)7-6-16(2)32-22/h5,8-11,14-16,27H,1,12-13H2,2-4H3,(H,30,31). The molecule has 1 atom stereocenters. The van der Waals surface area contributed by atoms with Crippen molar-refractivity contribution in [3.8, 4) is 40.4 Å². The number of benzene rings is 2. The lowest BCUT2D eigenvalue weighted by atomic mass is 9.89. The number of carbonyl (C=O) groups is 1. The van der Waals surface area contributed by atoms with Crippen molar-refractivity contribution >= 4 is 17.7 Å². The van der Waals surface area contributed by atoms with E-state index in [9.17, 15) is 9.90 Å². The van der Waals surface area contributed by atoms with Gasteiger partial charge in [0.1, 0.15) is 5.75 Å². The first-order valence-corrected chi connectivity index (χ1v) is 10.7. The van der Waals surface area contributed by atoms with Gasteiger partial charge in [-0.05, 0) is 69.2 Å². The van der Waals surface area contributed by atoms with Gasteiger partial charge in [-0.2, -0.15) is 4.98 Å². The summed E-state index contributed by atoms with van der Waals surface area (Å²) in [5.74, 6) is 6.89. The fraction of sp³-hybridized carbons (Fsp3) is 0.269. The maximum atomic E-state index is 11.3. The number of rotatable bonds is 8. The van der Waals surface area contributed by atoms with E-state index in [1.54, 1.807) is 19.9 Å². The normalized spacial score (nSPS) is 14.5. The highest BCUT2D eigenvalue weighted by atomic mass is 16.5. The van der Waals surface area contributed by atoms with Gasteiger partial charge in [-0.15, -0.1) is 0 Å². The second-order valence-corrected chi connectivity index (χ2v) is 8.54. The van der Waals surface area contributed by atoms with Crippen molar-refractivity contribution in [2.75, 3.05) is 11.9 Å². The van der Waals surface area contributed by atoms with Gasteiger partial charge in [0.15, 0.2) is 6.10 Å². The molecule has 0 radical (unpaired) electrons. The minimum absolute atomic E-state index is 0.126. The number of carboxylic acids is 1. The molecular weight excluding hydrogens is 418 g/mol. The summed E-state index contributed by atoms with van der Waals surface area (Å²) in [5.41, 5.74) is 3.27. The van der Waals surface area contributed by atoms with Crippen LogP contribution in [0.15, 0.2) is 47.5 Å². The lowest BCUT2D eigenvalue weighted by molar-refractivity contribution is -0.147. The zero-order valence-corrected chi connectivity index (χ0v) is 18.8. The maximum absolute atomic E-state index is 11.3. The predicted molar refractivity (Wildman–Crippen MR) is 127 cm³/mol. The van der Waals surface area contributed by atoms with Crippen LogP contribution in [-0.4, -0.2) is 33.9 Å². The van der Waals surface area contributed by atoms with Crippen LogP contribution in [0.1, 0.15) is 38.3 Å². The molecule has 7 heteroatoms. The second-order valence-electron chi connectivity index (χ2n) is 8.54. The smallest absolute Gasteiger partial charge is 0.309 e. The van der Waals surface area contributed by atoms with Gasteiger partial charge in [-0.25, -0.2) is 0 Å². The molecule has 0 saturated carbocycles. The second kappa shape index (κ2) is 8.83. The van der Waals surface area contributed by atoms with Crippen LogP contribution in [0.5, 0.6) is 5.75 Å². The summed E-state index contributed by atoms with van der Waals surface area (Å²) in [6.07, 6.45) is 2.10. The number of anilines is 1. The summed E-state index contributed by atoms with van der Waals surface area (Å²) in [6.45, 7) is 9.74. The van der Waals surface area contributed by atoms with Crippen molar-refractivity contribution in [3.05, 3.63) is 54.1 Å². The van der Waals surface area contributed by atoms with Crippen LogP contribution in [0.2, 0.25) is 0 Å². The Balaban J connectivity index is 1.52. The van der Waals surface area contributed by atoms with E-state index in [2.05, 4.69) is 33.9 Å². The molecule has 2 N–H and O–H groups in total. The van der Waals surface area contributed by atoms with Crippen molar-refractivity contribution in [1.82, 2.24) is 10.1 Å². The van der Waals surface area contributed by atoms with Crippen LogP contribution in [0.3, 0.4) is 0 Å². The third-order valence-electron chi connectivity index (χ3n) is 5.54. The predicted octanol–water partition coefficient (Wildman–Crippen LogP) is 5.09. The van der Waals surface area contributed by atoms with E-state index < -0.39 is 11.4 Å². The van der Waals surface area contributed by atoms with Gasteiger partial charge < -0.3 is 19.7 Å². The molecule has 0 bridgehead atoms. The number of nitrogens with one attached hydrogen (secondary N) is 1. The van der Waals surface area contributed by atoms with Gasteiger partial charge in [-0.3, -0.25) is 4.79 Å². The third kappa shape index (κ3) is 4.75. The van der Waals surface area contributed by atoms with Crippen LogP contribution in [0, 0.1) is 17.3 Å². The average Bonchev–Trinajstić information content (AvgIpc) is 3.29. The Bertz CT molecular complexity index is 1280. The van der Waals surface area contributed by atoms with Gasteiger partial charge in [-0.1, -0.05) is 29.7 Å². The zero-order valence-electron chi connectivity index (χ0n) is 18.8. The van der Waals surface area contributed by atoms with Crippen LogP contribution in [-0.2, 0) is 4.79 Å². The Hall–Kier alpha value is -4.05. The Morgan fingerprint density at radius 3 is 2.82 bits per heavy atom. The zero-order chi connectivity index (χ0) is 23.6. The number of hydrogen-bond donors (Lipinski definition) is 2. The van der Waals surface area contributed by atoms with Crippen LogP contribution < -0.4 is 10.1 Å². The van der Waals surface area contributed by atoms with Crippen LogP contribution in [0.25, 0.3) is 28.9 Å². The molecule has 0 spiro atoms. The first kappa shape index (κ1) is 22.2. The summed E-state index contributed by atoms with van der Waals surface area (Å²) in [5, 5.41) is 16.7. The number of fused-ring (bicyclic) bond motifs is 1. The van der Waals surface area contributed by atoms with Gasteiger partial charge in [0.05, 0.1) is 11.0 Å². The highest BCUT2D eigenvalue weighted by Gasteiger charge is 2.26. The van der Waals surface area contributed by atoms with Crippen molar-refractivity contribution in [3.63, 3.8) is 0 Å². The quantitative estimate of drug-likeness (QED) is 0.468. The third-order valence-corrected chi connectivity index (χ3v) is 5.54. The molecule has 0 fully saturated rings. The van der Waals surface area contributed by atoms with E-state index in [0.29, 0.717) is 24.7 Å². The summed E-state index contributed by atoms with van der Waals surface area (Å²) in [6, 6.07) is 11.3. The fourth-order valence-corrected chi connectivity index (χ4v) is 3.37. The minimum Gasteiger partial charge on any atom is -0.481 e. The highest BCUT2D eigenvalue weighted by Crippen LogP contribution is 2.30. The highest BCUT2D eigenvalue weighted by molar-refractivity contribution is 5.74. The van der Waals surface area contributed by atoms with E-state index in [-0.39, 0.29) is 6.10 Å². The molecule has 7 nitrogen and oxygen atoms in total. The molecule has 33 heavy (non-hydrogen) atoms. The number of hydrogen-bond acceptors (Lipinski definition) is 6. The summed E-state index contributed by atoms with van der Waals surface area (Å²) in [7, 11) is 0. The van der Waals surface area contributed by atoms with Crippen LogP contribution in [0.4, 0.5) is 5.69 Å². The van der Waals surface area contributed by atoms with Crippen molar-refractivity contribution < 1.29 is 19.2 Å². The van der Waals surface area contributed by atoms with Crippen molar-refractivity contribution in [1.29, 1.82) is 0 Å². The van der Waals surface area contributed by atoms with E-state index in [0.717, 1.165) is 33.7 Å². The molecule has 1 aliphatic heterocycles. The monoisotopic (exact) mass is 443 g/mol. The van der Waals surface area contributed by atoms with Gasteiger partial charge in [0.2, 0.25) is 5.82 Å². The Labute approximate surface area is 192 Å². The maximum Gasteiger partial charge on any atom is 0.309 e. The van der Waals surface area contributed by atoms with E-state index in [1.807, 2.05) is 43.3 Å². The Morgan fingerprint density at radius 1 is 1.27 bits per heavy atom. The fourth-order valence-electron chi connectivity index (χ4n) is 3.37. The number of carboxylic acid groups (broad SMARTS) is 1. The summed E-state index contributed by atoms with van der Waals surface area (Å²) < 4.78 is 11.2. The summed E-state index contributed by atoms with van der Waals surface area (Å²) in [4.78, 5) is 15.8. The molecule has 0 saturated heterocycles. The number of nitrogens with zero attached hydrogens (tertiary/aromatic N) is 2. The topological polar surface area (TPSA) is 97.5 Å². The number of ether oxygens (including phenoxy) is 1. The lowest BCUT2D eigenvalue weighted by Gasteiger charge is -2.20. The van der Waals surface area contributed by atoms with Gasteiger partial charge in [0.25, 0.3) is 5.89 Å². The molecular formula is C26H25N3O4. The molecule has 1 aromatic heterocycles. The first-order chi connectivity index (χ1) is 15.8. The largest absolute Gasteiger partial charge is 0.481 e. The van der Waals surface area contributed by atoms with E-state index in [4.69, 9.17) is 9.26 Å². The molecule has 3 aromatic rings. The van der Waals surface area contributed by atoms with Gasteiger partial charge >= 0.3 is 5.97 Å². The average molecular weight is 444 g/mol. The lowest BCUT2D eigenvalue weighted by Crippen LogP contribution is -2.26. The van der Waals surface area contributed by atoms with Crippen molar-refractivity contribution in [2.24, 2.45) is 5.41 Å². The molecule has 2 aromatic carbocycles. The molecule has 168 valence electrons. The van der Waals surface area contributed by atoms with E-state index in [1.165, 1.54) is 0 Å². The molecule has 0 aliphatic carbocycles. The SMILES string of the molecule is C=Cc1cc(-c2noc(-c3ccc4c(c3)C#CC(C)O4)n2)ccc1NCCC(C)(C)C(=O)O. The van der Waals surface area contributed by atoms with Gasteiger partial charge in [0, 0.05) is 23.4 Å². The van der Waals surface area contributed by atoms with Crippen LogP contribution >= 0.6 is 0 Å². The molecule has 2 heterocycles. The van der Waals surface area contributed by atoms with E-state index >= 15 is 0 Å². The van der Waals surface area contributed by atoms with Crippen molar-refractivity contribution in [2.45, 2.75) is 33.3 Å². The Kier molecular flexibility index (Phi) is 5.93. The number of aromatic nitrogens is 2. The summed E-state index contributed by atoms with van der Waals surface area (Å²) >= 11 is 0.